The van der Waals surface area contributed by atoms with Gasteiger partial charge in [0.2, 0.25) is 0 Å². The van der Waals surface area contributed by atoms with Gasteiger partial charge in [0.05, 0.1) is 6.10 Å². The predicted octanol–water partition coefficient (Wildman–Crippen LogP) is 4.23. The second kappa shape index (κ2) is 5.15. The molecule has 0 aliphatic heterocycles. The second-order valence-corrected chi connectivity index (χ2v) is 4.58. The minimum atomic E-state index is -0.405. The number of fused-ring (bicyclic) bond motifs is 1. The van der Waals surface area contributed by atoms with E-state index in [2.05, 4.69) is 24.8 Å². The molecule has 0 heterocycles. The van der Waals surface area contributed by atoms with E-state index in [4.69, 9.17) is 0 Å². The maximum Gasteiger partial charge on any atom is 0.0799 e. The van der Waals surface area contributed by atoms with E-state index in [0.717, 1.165) is 29.4 Å². The molecule has 0 saturated carbocycles. The van der Waals surface area contributed by atoms with Crippen molar-refractivity contribution in [3.63, 3.8) is 0 Å². The summed E-state index contributed by atoms with van der Waals surface area (Å²) in [4.78, 5) is 0. The summed E-state index contributed by atoms with van der Waals surface area (Å²) in [5, 5.41) is 12.5. The van der Waals surface area contributed by atoms with Gasteiger partial charge in [-0.05, 0) is 36.1 Å². The molecular formula is C16H18O. The van der Waals surface area contributed by atoms with Crippen LogP contribution in [0.5, 0.6) is 0 Å². The van der Waals surface area contributed by atoms with Gasteiger partial charge in [0.25, 0.3) is 0 Å². The van der Waals surface area contributed by atoms with Crippen molar-refractivity contribution in [2.75, 3.05) is 0 Å². The Kier molecular flexibility index (Phi) is 3.60. The summed E-state index contributed by atoms with van der Waals surface area (Å²) < 4.78 is 0. The molecule has 1 heteroatoms. The van der Waals surface area contributed by atoms with Gasteiger partial charge in [-0.3, -0.25) is 0 Å². The maximum absolute atomic E-state index is 10.2. The monoisotopic (exact) mass is 226 g/mol. The Morgan fingerprint density at radius 3 is 2.65 bits per heavy atom. The molecule has 0 fully saturated rings. The van der Waals surface area contributed by atoms with Gasteiger partial charge in [0.15, 0.2) is 0 Å². The third kappa shape index (κ3) is 2.75. The molecule has 2 aromatic carbocycles. The molecule has 0 aromatic heterocycles. The lowest BCUT2D eigenvalue weighted by Crippen LogP contribution is -1.98. The fourth-order valence-corrected chi connectivity index (χ4v) is 2.08. The molecule has 0 amide bonds. The summed E-state index contributed by atoms with van der Waals surface area (Å²) in [6, 6.07) is 14.3. The van der Waals surface area contributed by atoms with Crippen LogP contribution in [0.3, 0.4) is 0 Å². The van der Waals surface area contributed by atoms with Crippen molar-refractivity contribution in [1.29, 1.82) is 0 Å². The van der Waals surface area contributed by atoms with Gasteiger partial charge in [0.1, 0.15) is 0 Å². The van der Waals surface area contributed by atoms with Crippen LogP contribution in [0.15, 0.2) is 54.6 Å². The summed E-state index contributed by atoms with van der Waals surface area (Å²) in [5.74, 6) is 0. The van der Waals surface area contributed by atoms with Crippen LogP contribution in [0, 0.1) is 0 Å². The molecule has 2 rings (SSSR count). The van der Waals surface area contributed by atoms with E-state index in [1.165, 1.54) is 5.39 Å². The highest BCUT2D eigenvalue weighted by atomic mass is 16.3. The highest BCUT2D eigenvalue weighted by Gasteiger charge is 2.10. The van der Waals surface area contributed by atoms with Gasteiger partial charge in [-0.1, -0.05) is 48.0 Å². The molecular weight excluding hydrogens is 208 g/mol. The largest absolute Gasteiger partial charge is 0.388 e. The number of hydrogen-bond acceptors (Lipinski definition) is 1. The van der Waals surface area contributed by atoms with E-state index in [-0.39, 0.29) is 0 Å². The molecule has 0 saturated heterocycles. The predicted molar refractivity (Wildman–Crippen MR) is 73.0 cm³/mol. The summed E-state index contributed by atoms with van der Waals surface area (Å²) in [6.07, 6.45) is 1.20. The minimum absolute atomic E-state index is 0.405. The van der Waals surface area contributed by atoms with Crippen molar-refractivity contribution in [1.82, 2.24) is 0 Å². The van der Waals surface area contributed by atoms with Crippen molar-refractivity contribution in [3.8, 4) is 0 Å². The van der Waals surface area contributed by atoms with E-state index in [1.807, 2.05) is 31.2 Å². The molecule has 17 heavy (non-hydrogen) atoms. The van der Waals surface area contributed by atoms with Crippen molar-refractivity contribution in [2.24, 2.45) is 0 Å². The van der Waals surface area contributed by atoms with Crippen LogP contribution in [-0.4, -0.2) is 5.11 Å². The average molecular weight is 226 g/mol. The highest BCUT2D eigenvalue weighted by molar-refractivity contribution is 5.85. The van der Waals surface area contributed by atoms with Crippen molar-refractivity contribution in [3.05, 3.63) is 60.2 Å². The first-order chi connectivity index (χ1) is 8.18. The lowest BCUT2D eigenvalue weighted by Gasteiger charge is -2.13. The van der Waals surface area contributed by atoms with Crippen LogP contribution >= 0.6 is 0 Å². The van der Waals surface area contributed by atoms with E-state index < -0.39 is 6.10 Å². The van der Waals surface area contributed by atoms with Crippen LogP contribution in [0.1, 0.15) is 31.4 Å². The van der Waals surface area contributed by atoms with Crippen LogP contribution in [0.4, 0.5) is 0 Å². The Hall–Kier alpha value is -1.60. The Bertz CT molecular complexity index is 523. The minimum Gasteiger partial charge on any atom is -0.388 e. The zero-order valence-corrected chi connectivity index (χ0v) is 10.2. The number of aliphatic hydroxyl groups excluding tert-OH is 1. The average Bonchev–Trinajstić information content (AvgIpc) is 2.35. The van der Waals surface area contributed by atoms with E-state index in [0.29, 0.717) is 0 Å². The number of aliphatic hydroxyl groups is 1. The van der Waals surface area contributed by atoms with E-state index in [9.17, 15) is 5.11 Å². The Labute approximate surface area is 102 Å². The molecule has 88 valence electrons. The summed E-state index contributed by atoms with van der Waals surface area (Å²) in [7, 11) is 0. The normalized spacial score (nSPS) is 12.6. The molecule has 0 aliphatic rings. The van der Waals surface area contributed by atoms with Gasteiger partial charge in [-0.15, -0.1) is 6.58 Å². The molecule has 0 aliphatic carbocycles. The lowest BCUT2D eigenvalue weighted by molar-refractivity contribution is 0.169. The van der Waals surface area contributed by atoms with Crippen LogP contribution in [0.2, 0.25) is 0 Å². The van der Waals surface area contributed by atoms with Crippen molar-refractivity contribution < 1.29 is 5.11 Å². The number of hydrogen-bond donors (Lipinski definition) is 1. The van der Waals surface area contributed by atoms with Gasteiger partial charge < -0.3 is 5.11 Å². The number of benzene rings is 2. The van der Waals surface area contributed by atoms with Crippen molar-refractivity contribution >= 4 is 10.8 Å². The van der Waals surface area contributed by atoms with E-state index in [1.54, 1.807) is 0 Å². The lowest BCUT2D eigenvalue weighted by atomic mass is 9.97. The molecule has 2 aromatic rings. The Morgan fingerprint density at radius 1 is 1.18 bits per heavy atom. The standard InChI is InChI=1S/C16H18O/c1-12(2)10-11-16(17)15-9-5-7-13-6-3-4-8-14(13)15/h3-9,16-17H,1,10-11H2,2H3. The van der Waals surface area contributed by atoms with Gasteiger partial charge in [-0.25, -0.2) is 0 Å². The third-order valence-electron chi connectivity index (χ3n) is 3.03. The van der Waals surface area contributed by atoms with Gasteiger partial charge >= 0.3 is 0 Å². The zero-order chi connectivity index (χ0) is 12.3. The SMILES string of the molecule is C=C(C)CCC(O)c1cccc2ccccc12. The molecule has 0 spiro atoms. The molecule has 1 nitrogen and oxygen atoms in total. The third-order valence-corrected chi connectivity index (χ3v) is 3.03. The Balaban J connectivity index is 2.31. The van der Waals surface area contributed by atoms with Gasteiger partial charge in [0, 0.05) is 0 Å². The fourth-order valence-electron chi connectivity index (χ4n) is 2.08. The maximum atomic E-state index is 10.2. The molecule has 1 unspecified atom stereocenters. The summed E-state index contributed by atoms with van der Waals surface area (Å²) >= 11 is 0. The summed E-state index contributed by atoms with van der Waals surface area (Å²) in [5.41, 5.74) is 2.13. The van der Waals surface area contributed by atoms with Gasteiger partial charge in [-0.2, -0.15) is 0 Å². The highest BCUT2D eigenvalue weighted by Crippen LogP contribution is 2.27. The zero-order valence-electron chi connectivity index (χ0n) is 10.2. The molecule has 0 bridgehead atoms. The first-order valence-corrected chi connectivity index (χ1v) is 5.98. The first kappa shape index (κ1) is 11.9. The summed E-state index contributed by atoms with van der Waals surface area (Å²) in [6.45, 7) is 5.87. The van der Waals surface area contributed by atoms with Crippen molar-refractivity contribution in [2.45, 2.75) is 25.9 Å². The fraction of sp³-hybridized carbons (Fsp3) is 0.250. The van der Waals surface area contributed by atoms with E-state index >= 15 is 0 Å². The van der Waals surface area contributed by atoms with Crippen LogP contribution in [0.25, 0.3) is 10.8 Å². The first-order valence-electron chi connectivity index (χ1n) is 5.98. The van der Waals surface area contributed by atoms with Crippen LogP contribution < -0.4 is 0 Å². The molecule has 1 N–H and O–H groups in total. The second-order valence-electron chi connectivity index (χ2n) is 4.58. The van der Waals surface area contributed by atoms with Crippen LogP contribution in [-0.2, 0) is 0 Å². The smallest absolute Gasteiger partial charge is 0.0799 e. The topological polar surface area (TPSA) is 20.2 Å². The molecule has 1 atom stereocenters. The quantitative estimate of drug-likeness (QED) is 0.773. The molecule has 0 radical (unpaired) electrons. The number of rotatable bonds is 4. The Morgan fingerprint density at radius 2 is 1.88 bits per heavy atom. The number of allylic oxidation sites excluding steroid dienone is 1.